The van der Waals surface area contributed by atoms with Gasteiger partial charge in [0.1, 0.15) is 4.64 Å². The Morgan fingerprint density at radius 1 is 1.16 bits per heavy atom. The Morgan fingerprint density at radius 3 is 2.79 bits per heavy atom. The predicted molar refractivity (Wildman–Crippen MR) is 80.5 cm³/mol. The first-order valence-corrected chi connectivity index (χ1v) is 7.21. The van der Waals surface area contributed by atoms with E-state index >= 15 is 0 Å². The molecular weight excluding hydrogens is 252 g/mol. The molecule has 0 bridgehead atoms. The van der Waals surface area contributed by atoms with Crippen LogP contribution in [-0.4, -0.2) is 16.4 Å². The first kappa shape index (κ1) is 12.6. The molecule has 19 heavy (non-hydrogen) atoms. The van der Waals surface area contributed by atoms with Crippen molar-refractivity contribution >= 4 is 12.2 Å². The average Bonchev–Trinajstić information content (AvgIpc) is 2.88. The molecule has 1 aromatic heterocycles. The minimum absolute atomic E-state index is 0.463. The van der Waals surface area contributed by atoms with Crippen LogP contribution in [0.4, 0.5) is 0 Å². The van der Waals surface area contributed by atoms with E-state index in [0.717, 1.165) is 17.7 Å². The van der Waals surface area contributed by atoms with Crippen molar-refractivity contribution in [3.8, 4) is 0 Å². The highest BCUT2D eigenvalue weighted by molar-refractivity contribution is 7.71. The van der Waals surface area contributed by atoms with Gasteiger partial charge >= 0.3 is 0 Å². The van der Waals surface area contributed by atoms with Crippen LogP contribution in [0, 0.1) is 4.64 Å². The molecule has 0 saturated carbocycles. The van der Waals surface area contributed by atoms with Gasteiger partial charge in [-0.1, -0.05) is 48.6 Å². The van der Waals surface area contributed by atoms with Crippen molar-refractivity contribution < 1.29 is 0 Å². The number of aromatic nitrogens is 1. The first-order valence-electron chi connectivity index (χ1n) is 6.80. The van der Waals surface area contributed by atoms with Gasteiger partial charge in [-0.25, -0.2) is 0 Å². The molecule has 0 radical (unpaired) electrons. The van der Waals surface area contributed by atoms with Gasteiger partial charge in [0.25, 0.3) is 0 Å². The Hall–Kier alpha value is -1.45. The molecule has 2 aromatic rings. The highest BCUT2D eigenvalue weighted by Gasteiger charge is 2.26. The minimum atomic E-state index is 0.463. The van der Waals surface area contributed by atoms with Crippen molar-refractivity contribution in [2.45, 2.75) is 25.4 Å². The zero-order valence-corrected chi connectivity index (χ0v) is 11.7. The van der Waals surface area contributed by atoms with Gasteiger partial charge in [-0.2, -0.15) is 0 Å². The summed E-state index contributed by atoms with van der Waals surface area (Å²) in [5.41, 5.74) is 2.64. The third-order valence-electron chi connectivity index (χ3n) is 3.80. The molecule has 0 spiro atoms. The van der Waals surface area contributed by atoms with Gasteiger partial charge in [0.05, 0.1) is 0 Å². The number of hydrogen-bond donors (Lipinski definition) is 1. The summed E-state index contributed by atoms with van der Waals surface area (Å²) in [5, 5.41) is 0. The molecule has 1 aromatic carbocycles. The van der Waals surface area contributed by atoms with Crippen LogP contribution < -0.4 is 0 Å². The van der Waals surface area contributed by atoms with Crippen molar-refractivity contribution in [3.05, 3.63) is 64.4 Å². The largest absolute Gasteiger partial charge is 0.353 e. The van der Waals surface area contributed by atoms with Crippen LogP contribution in [0.2, 0.25) is 0 Å². The summed E-state index contributed by atoms with van der Waals surface area (Å²) in [5.74, 6) is 0. The molecule has 2 nitrogen and oxygen atoms in total. The van der Waals surface area contributed by atoms with E-state index in [9.17, 15) is 0 Å². The van der Waals surface area contributed by atoms with Gasteiger partial charge in [0.15, 0.2) is 0 Å². The van der Waals surface area contributed by atoms with Crippen LogP contribution in [-0.2, 0) is 6.54 Å². The number of nitrogens with one attached hydrogen (secondary N) is 1. The van der Waals surface area contributed by atoms with Crippen LogP contribution in [0.3, 0.4) is 0 Å². The number of aromatic amines is 1. The molecule has 0 aliphatic carbocycles. The molecule has 3 heteroatoms. The van der Waals surface area contributed by atoms with Crippen molar-refractivity contribution in [3.63, 3.8) is 0 Å². The van der Waals surface area contributed by atoms with Gasteiger partial charge in [-0.15, -0.1) is 0 Å². The van der Waals surface area contributed by atoms with Crippen LogP contribution in [0.5, 0.6) is 0 Å². The Morgan fingerprint density at radius 2 is 2.00 bits per heavy atom. The molecule has 1 aliphatic rings. The van der Waals surface area contributed by atoms with Gasteiger partial charge in [0, 0.05) is 24.3 Å². The third-order valence-corrected chi connectivity index (χ3v) is 4.15. The second kappa shape index (κ2) is 5.68. The summed E-state index contributed by atoms with van der Waals surface area (Å²) in [6.45, 7) is 2.17. The van der Waals surface area contributed by atoms with E-state index < -0.39 is 0 Å². The van der Waals surface area contributed by atoms with Gasteiger partial charge in [-0.05, 0) is 31.0 Å². The number of benzene rings is 1. The Bertz CT molecular complexity index is 591. The first-order chi connectivity index (χ1) is 9.34. The maximum atomic E-state index is 5.42. The Labute approximate surface area is 119 Å². The highest BCUT2D eigenvalue weighted by Crippen LogP contribution is 2.33. The fraction of sp³-hybridized carbons (Fsp3) is 0.312. The van der Waals surface area contributed by atoms with E-state index in [4.69, 9.17) is 12.2 Å². The zero-order chi connectivity index (χ0) is 13.1. The van der Waals surface area contributed by atoms with Crippen molar-refractivity contribution in [1.29, 1.82) is 0 Å². The second-order valence-electron chi connectivity index (χ2n) is 5.07. The van der Waals surface area contributed by atoms with Crippen molar-refractivity contribution in [1.82, 2.24) is 9.88 Å². The molecule has 0 amide bonds. The smallest absolute Gasteiger partial charge is 0.108 e. The lowest BCUT2D eigenvalue weighted by Crippen LogP contribution is -2.23. The van der Waals surface area contributed by atoms with Gasteiger partial charge in [0.2, 0.25) is 0 Å². The SMILES string of the molecule is S=c1[nH]cccc1[C@@H]1CCCN1Cc1ccccc1. The number of pyridine rings is 1. The molecule has 3 rings (SSSR count). The number of nitrogens with zero attached hydrogens (tertiary/aromatic N) is 1. The molecule has 1 atom stereocenters. The zero-order valence-electron chi connectivity index (χ0n) is 10.9. The summed E-state index contributed by atoms with van der Waals surface area (Å²) in [6.07, 6.45) is 4.36. The number of likely N-dealkylation sites (tertiary alicyclic amines) is 1. The van der Waals surface area contributed by atoms with Gasteiger partial charge < -0.3 is 4.98 Å². The Balaban J connectivity index is 1.83. The number of hydrogen-bond acceptors (Lipinski definition) is 2. The maximum absolute atomic E-state index is 5.42. The van der Waals surface area contributed by atoms with Gasteiger partial charge in [-0.3, -0.25) is 4.90 Å². The molecule has 98 valence electrons. The average molecular weight is 270 g/mol. The molecule has 1 aliphatic heterocycles. The van der Waals surface area contributed by atoms with Crippen LogP contribution in [0.1, 0.15) is 30.0 Å². The van der Waals surface area contributed by atoms with E-state index in [1.165, 1.54) is 24.0 Å². The summed E-state index contributed by atoms with van der Waals surface area (Å²) in [4.78, 5) is 5.69. The van der Waals surface area contributed by atoms with E-state index in [2.05, 4.69) is 46.3 Å². The van der Waals surface area contributed by atoms with Crippen LogP contribution in [0.15, 0.2) is 48.7 Å². The van der Waals surface area contributed by atoms with E-state index in [1.54, 1.807) is 0 Å². The molecule has 0 unspecified atom stereocenters. The normalized spacial score (nSPS) is 19.7. The minimum Gasteiger partial charge on any atom is -0.353 e. The number of rotatable bonds is 3. The summed E-state index contributed by atoms with van der Waals surface area (Å²) in [7, 11) is 0. The lowest BCUT2D eigenvalue weighted by Gasteiger charge is -2.24. The summed E-state index contributed by atoms with van der Waals surface area (Å²) >= 11 is 5.42. The lowest BCUT2D eigenvalue weighted by molar-refractivity contribution is 0.248. The Kier molecular flexibility index (Phi) is 3.76. The van der Waals surface area contributed by atoms with Crippen molar-refractivity contribution in [2.75, 3.05) is 6.54 Å². The molecule has 1 saturated heterocycles. The van der Waals surface area contributed by atoms with E-state index in [1.807, 2.05) is 12.3 Å². The maximum Gasteiger partial charge on any atom is 0.108 e. The lowest BCUT2D eigenvalue weighted by atomic mass is 10.1. The molecular formula is C16H18N2S. The fourth-order valence-corrected chi connectivity index (χ4v) is 3.15. The monoisotopic (exact) mass is 270 g/mol. The molecule has 1 N–H and O–H groups in total. The summed E-state index contributed by atoms with van der Waals surface area (Å²) in [6, 6.07) is 15.3. The van der Waals surface area contributed by atoms with E-state index in [0.29, 0.717) is 6.04 Å². The van der Waals surface area contributed by atoms with Crippen LogP contribution in [0.25, 0.3) is 0 Å². The van der Waals surface area contributed by atoms with Crippen molar-refractivity contribution in [2.24, 2.45) is 0 Å². The quantitative estimate of drug-likeness (QED) is 0.847. The summed E-state index contributed by atoms with van der Waals surface area (Å²) < 4.78 is 0.882. The van der Waals surface area contributed by atoms with Crippen LogP contribution >= 0.6 is 12.2 Å². The highest BCUT2D eigenvalue weighted by atomic mass is 32.1. The standard InChI is InChI=1S/C16H18N2S/c19-16-14(8-4-10-17-16)15-9-5-11-18(15)12-13-6-2-1-3-7-13/h1-4,6-8,10,15H,5,9,11-12H2,(H,17,19)/t15-/m0/s1. The molecule has 2 heterocycles. The second-order valence-corrected chi connectivity index (χ2v) is 5.48. The number of H-pyrrole nitrogens is 1. The molecule has 1 fully saturated rings. The predicted octanol–water partition coefficient (Wildman–Crippen LogP) is 4.08. The topological polar surface area (TPSA) is 19.0 Å². The third kappa shape index (κ3) is 2.77. The fourth-order valence-electron chi connectivity index (χ4n) is 2.88. The van der Waals surface area contributed by atoms with E-state index in [-0.39, 0.29) is 0 Å².